The van der Waals surface area contributed by atoms with E-state index in [4.69, 9.17) is 4.98 Å². The van der Waals surface area contributed by atoms with Gasteiger partial charge in [0.2, 0.25) is 0 Å². The molecule has 4 aliphatic rings. The lowest BCUT2D eigenvalue weighted by molar-refractivity contribution is 0.265. The van der Waals surface area contributed by atoms with Crippen LogP contribution in [0.25, 0.3) is 0 Å². The highest BCUT2D eigenvalue weighted by molar-refractivity contribution is 5.40. The summed E-state index contributed by atoms with van der Waals surface area (Å²) in [6.07, 6.45) is 7.95. The van der Waals surface area contributed by atoms with Crippen molar-refractivity contribution >= 4 is 5.82 Å². The van der Waals surface area contributed by atoms with Crippen molar-refractivity contribution in [2.75, 3.05) is 37.6 Å². The summed E-state index contributed by atoms with van der Waals surface area (Å²) in [5, 5.41) is 11.7. The molecule has 8 heteroatoms. The van der Waals surface area contributed by atoms with Crippen LogP contribution < -0.4 is 26.4 Å². The number of pyridine rings is 1. The lowest BCUT2D eigenvalue weighted by Crippen LogP contribution is -2.46. The molecule has 3 aliphatic heterocycles. The molecule has 0 amide bonds. The average Bonchev–Trinajstić information content (AvgIpc) is 3.35. The summed E-state index contributed by atoms with van der Waals surface area (Å²) >= 11 is 0. The number of fused-ring (bicyclic) bond motifs is 1. The fraction of sp³-hybridized carbons (Fsp3) is 0.619. The predicted molar refractivity (Wildman–Crippen MR) is 111 cm³/mol. The van der Waals surface area contributed by atoms with Crippen molar-refractivity contribution in [2.45, 2.75) is 43.4 Å². The minimum Gasteiger partial charge on any atom is -0.354 e. The van der Waals surface area contributed by atoms with Crippen molar-refractivity contribution in [3.8, 4) is 0 Å². The Morgan fingerprint density at radius 3 is 2.83 bits per heavy atom. The van der Waals surface area contributed by atoms with Gasteiger partial charge in [0.1, 0.15) is 5.82 Å². The van der Waals surface area contributed by atoms with Crippen LogP contribution >= 0.6 is 0 Å². The van der Waals surface area contributed by atoms with Gasteiger partial charge in [-0.05, 0) is 31.4 Å². The molecule has 1 saturated carbocycles. The van der Waals surface area contributed by atoms with Gasteiger partial charge in [-0.15, -0.1) is 0 Å². The molecule has 4 fully saturated rings. The smallest absolute Gasteiger partial charge is 0.128 e. The van der Waals surface area contributed by atoms with Crippen LogP contribution in [0, 0.1) is 5.92 Å². The molecule has 4 N–H and O–H groups in total. The highest BCUT2D eigenvalue weighted by Crippen LogP contribution is 2.39. The molecule has 2 aromatic rings. The SMILES string of the molecule is c1cc(C2NNC3CNC(c4cnn(C5CC5)c4)CC32)nc(N2CCNCC2)c1. The first kappa shape index (κ1) is 17.8. The molecule has 154 valence electrons. The van der Waals surface area contributed by atoms with Crippen LogP contribution in [0.4, 0.5) is 5.82 Å². The second kappa shape index (κ2) is 7.36. The summed E-state index contributed by atoms with van der Waals surface area (Å²) in [7, 11) is 0. The van der Waals surface area contributed by atoms with Crippen LogP contribution in [0.5, 0.6) is 0 Å². The van der Waals surface area contributed by atoms with Crippen LogP contribution in [-0.2, 0) is 0 Å². The molecule has 1 aliphatic carbocycles. The molecule has 8 nitrogen and oxygen atoms in total. The molecule has 0 radical (unpaired) electrons. The third-order valence-electron chi connectivity index (χ3n) is 6.92. The lowest BCUT2D eigenvalue weighted by Gasteiger charge is -2.34. The Labute approximate surface area is 171 Å². The van der Waals surface area contributed by atoms with E-state index in [1.165, 1.54) is 18.4 Å². The van der Waals surface area contributed by atoms with E-state index in [0.29, 0.717) is 24.0 Å². The van der Waals surface area contributed by atoms with Crippen molar-refractivity contribution in [1.82, 2.24) is 36.2 Å². The molecule has 6 rings (SSSR count). The Kier molecular flexibility index (Phi) is 4.52. The summed E-state index contributed by atoms with van der Waals surface area (Å²) in [6.45, 7) is 5.07. The van der Waals surface area contributed by atoms with Crippen LogP contribution in [0.3, 0.4) is 0 Å². The Hall–Kier alpha value is -2.00. The van der Waals surface area contributed by atoms with E-state index < -0.39 is 0 Å². The van der Waals surface area contributed by atoms with Crippen molar-refractivity contribution in [3.63, 3.8) is 0 Å². The van der Waals surface area contributed by atoms with Crippen LogP contribution in [0.2, 0.25) is 0 Å². The van der Waals surface area contributed by atoms with Gasteiger partial charge in [0.05, 0.1) is 24.0 Å². The second-order valence-electron chi connectivity index (χ2n) is 8.88. The van der Waals surface area contributed by atoms with Crippen molar-refractivity contribution in [1.29, 1.82) is 0 Å². The number of nitrogens with zero attached hydrogens (tertiary/aromatic N) is 4. The van der Waals surface area contributed by atoms with Gasteiger partial charge < -0.3 is 15.5 Å². The molecule has 29 heavy (non-hydrogen) atoms. The maximum atomic E-state index is 5.06. The summed E-state index contributed by atoms with van der Waals surface area (Å²) in [6, 6.07) is 8.16. The minimum absolute atomic E-state index is 0.242. The number of hydrogen-bond acceptors (Lipinski definition) is 7. The number of nitrogens with one attached hydrogen (secondary N) is 4. The molecule has 3 saturated heterocycles. The Bertz CT molecular complexity index is 856. The van der Waals surface area contributed by atoms with Gasteiger partial charge in [0.15, 0.2) is 0 Å². The van der Waals surface area contributed by atoms with E-state index in [9.17, 15) is 0 Å². The lowest BCUT2D eigenvalue weighted by atomic mass is 9.82. The molecular weight excluding hydrogens is 364 g/mol. The van der Waals surface area contributed by atoms with Gasteiger partial charge in [-0.1, -0.05) is 6.07 Å². The van der Waals surface area contributed by atoms with E-state index in [1.807, 2.05) is 0 Å². The van der Waals surface area contributed by atoms with E-state index in [-0.39, 0.29) is 6.04 Å². The summed E-state index contributed by atoms with van der Waals surface area (Å²) < 4.78 is 2.16. The molecule has 4 unspecified atom stereocenters. The zero-order chi connectivity index (χ0) is 19.2. The van der Waals surface area contributed by atoms with Crippen LogP contribution in [0.1, 0.15) is 48.6 Å². The fourth-order valence-electron chi connectivity index (χ4n) is 5.07. The number of hydrazine groups is 1. The largest absolute Gasteiger partial charge is 0.354 e. The number of rotatable bonds is 4. The molecular formula is C21H30N8. The van der Waals surface area contributed by atoms with Crippen molar-refractivity contribution in [2.24, 2.45) is 5.92 Å². The van der Waals surface area contributed by atoms with Gasteiger partial charge >= 0.3 is 0 Å². The van der Waals surface area contributed by atoms with Gasteiger partial charge in [-0.3, -0.25) is 10.1 Å². The normalized spacial score (nSPS) is 32.3. The number of anilines is 1. The highest BCUT2D eigenvalue weighted by atomic mass is 15.4. The van der Waals surface area contributed by atoms with Gasteiger partial charge in [-0.2, -0.15) is 5.10 Å². The van der Waals surface area contributed by atoms with Crippen LogP contribution in [-0.4, -0.2) is 53.5 Å². The molecule has 5 heterocycles. The standard InChI is InChI=1S/C21H30N8/c1-2-17(25-20(3-1)28-8-6-22-7-9-28)21-16-10-18(23-12-19(16)26-27-21)14-11-24-29(13-14)15-4-5-15/h1-3,11,13,15-16,18-19,21-23,26-27H,4-10,12H2. The molecule has 0 spiro atoms. The van der Waals surface area contributed by atoms with E-state index in [1.54, 1.807) is 0 Å². The Morgan fingerprint density at radius 1 is 1.07 bits per heavy atom. The highest BCUT2D eigenvalue weighted by Gasteiger charge is 2.42. The summed E-state index contributed by atoms with van der Waals surface area (Å²) in [5.74, 6) is 1.61. The maximum Gasteiger partial charge on any atom is 0.128 e. The Morgan fingerprint density at radius 2 is 1.97 bits per heavy atom. The first-order valence-electron chi connectivity index (χ1n) is 11.1. The van der Waals surface area contributed by atoms with E-state index >= 15 is 0 Å². The average molecular weight is 395 g/mol. The minimum atomic E-state index is 0.242. The number of hydrogen-bond donors (Lipinski definition) is 4. The molecule has 4 atom stereocenters. The first-order valence-corrected chi connectivity index (χ1v) is 11.1. The van der Waals surface area contributed by atoms with Gasteiger partial charge in [-0.25, -0.2) is 10.4 Å². The van der Waals surface area contributed by atoms with Crippen molar-refractivity contribution < 1.29 is 0 Å². The third kappa shape index (κ3) is 3.44. The number of piperidine rings is 1. The monoisotopic (exact) mass is 394 g/mol. The fourth-order valence-corrected chi connectivity index (χ4v) is 5.07. The molecule has 0 aromatic carbocycles. The predicted octanol–water partition coefficient (Wildman–Crippen LogP) is 0.891. The molecule has 0 bridgehead atoms. The molecule has 2 aromatic heterocycles. The summed E-state index contributed by atoms with van der Waals surface area (Å²) in [5.41, 5.74) is 9.53. The third-order valence-corrected chi connectivity index (χ3v) is 6.92. The van der Waals surface area contributed by atoms with E-state index in [0.717, 1.165) is 50.7 Å². The van der Waals surface area contributed by atoms with Gasteiger partial charge in [0.25, 0.3) is 0 Å². The first-order chi connectivity index (χ1) is 14.3. The topological polar surface area (TPSA) is 82.1 Å². The maximum absolute atomic E-state index is 5.06. The number of piperazine rings is 1. The Balaban J connectivity index is 1.20. The summed E-state index contributed by atoms with van der Waals surface area (Å²) in [4.78, 5) is 7.45. The van der Waals surface area contributed by atoms with E-state index in [2.05, 4.69) is 66.8 Å². The second-order valence-corrected chi connectivity index (χ2v) is 8.88. The van der Waals surface area contributed by atoms with Crippen molar-refractivity contribution in [3.05, 3.63) is 41.9 Å². The van der Waals surface area contributed by atoms with Gasteiger partial charge in [0, 0.05) is 62.5 Å². The quantitative estimate of drug-likeness (QED) is 0.613. The van der Waals surface area contributed by atoms with Crippen LogP contribution in [0.15, 0.2) is 30.6 Å². The number of aromatic nitrogens is 3. The zero-order valence-corrected chi connectivity index (χ0v) is 16.7. The zero-order valence-electron chi connectivity index (χ0n) is 16.7.